The lowest BCUT2D eigenvalue weighted by molar-refractivity contribution is -0.137. The molecule has 0 spiro atoms. The first-order valence-electron chi connectivity index (χ1n) is 8.72. The van der Waals surface area contributed by atoms with Crippen molar-refractivity contribution >= 4 is 27.3 Å². The summed E-state index contributed by atoms with van der Waals surface area (Å²) in [6.45, 7) is 1.90. The Morgan fingerprint density at radius 2 is 2.08 bits per heavy atom. The van der Waals surface area contributed by atoms with Gasteiger partial charge in [0, 0.05) is 30.4 Å². The van der Waals surface area contributed by atoms with Crippen molar-refractivity contribution in [1.29, 1.82) is 0 Å². The van der Waals surface area contributed by atoms with Crippen LogP contribution in [0.1, 0.15) is 23.5 Å². The lowest BCUT2D eigenvalue weighted by Crippen LogP contribution is -2.44. The zero-order chi connectivity index (χ0) is 18.6. The Bertz CT molecular complexity index is 792. The highest BCUT2D eigenvalue weighted by atomic mass is 32.2. The summed E-state index contributed by atoms with van der Waals surface area (Å²) in [4.78, 5) is 16.2. The summed E-state index contributed by atoms with van der Waals surface area (Å²) in [6.07, 6.45) is 4.78. The maximum Gasteiger partial charge on any atom is 0.226 e. The molecule has 6 nitrogen and oxygen atoms in total. The fourth-order valence-corrected chi connectivity index (χ4v) is 4.82. The Balaban J connectivity index is 1.64. The highest BCUT2D eigenvalue weighted by molar-refractivity contribution is 7.88. The number of piperidine rings is 1. The van der Waals surface area contributed by atoms with E-state index in [2.05, 4.69) is 6.07 Å². The molecule has 142 valence electrons. The molecule has 3 rings (SSSR count). The second-order valence-corrected chi connectivity index (χ2v) is 9.62. The van der Waals surface area contributed by atoms with Crippen LogP contribution in [-0.2, 0) is 27.8 Å². The Labute approximate surface area is 158 Å². The highest BCUT2D eigenvalue weighted by Gasteiger charge is 2.31. The molecule has 0 radical (unpaired) electrons. The van der Waals surface area contributed by atoms with E-state index in [1.807, 2.05) is 28.5 Å². The summed E-state index contributed by atoms with van der Waals surface area (Å²) < 4.78 is 30.2. The Hall–Kier alpha value is -1.64. The van der Waals surface area contributed by atoms with Crippen molar-refractivity contribution in [3.63, 3.8) is 0 Å². The topological polar surface area (TPSA) is 70.8 Å². The summed E-state index contributed by atoms with van der Waals surface area (Å²) in [7, 11) is -3.18. The average molecular weight is 397 g/mol. The number of hydrogen-bond acceptors (Lipinski definition) is 5. The third kappa shape index (κ3) is 4.96. The predicted octanol–water partition coefficient (Wildman–Crippen LogP) is 2.58. The van der Waals surface area contributed by atoms with Crippen LogP contribution in [0.2, 0.25) is 0 Å². The van der Waals surface area contributed by atoms with Crippen molar-refractivity contribution in [3.05, 3.63) is 46.5 Å². The minimum Gasteiger partial charge on any atom is -0.467 e. The van der Waals surface area contributed by atoms with E-state index >= 15 is 0 Å². The molecule has 1 saturated heterocycles. The van der Waals surface area contributed by atoms with Gasteiger partial charge in [0.15, 0.2) is 0 Å². The van der Waals surface area contributed by atoms with Gasteiger partial charge in [0.25, 0.3) is 0 Å². The minimum atomic E-state index is -3.18. The molecule has 0 unspecified atom stereocenters. The highest BCUT2D eigenvalue weighted by Crippen LogP contribution is 2.23. The first-order chi connectivity index (χ1) is 12.4. The summed E-state index contributed by atoms with van der Waals surface area (Å²) >= 11 is 1.69. The van der Waals surface area contributed by atoms with Crippen LogP contribution in [0, 0.1) is 5.92 Å². The second-order valence-electron chi connectivity index (χ2n) is 6.60. The number of hydrogen-bond donors (Lipinski definition) is 0. The molecule has 1 aliphatic rings. The second kappa shape index (κ2) is 8.37. The maximum atomic E-state index is 13.1. The van der Waals surface area contributed by atoms with E-state index in [1.54, 1.807) is 17.6 Å². The van der Waals surface area contributed by atoms with Crippen LogP contribution >= 0.6 is 11.3 Å². The molecule has 0 N–H and O–H groups in total. The molecule has 0 aromatic carbocycles. The summed E-state index contributed by atoms with van der Waals surface area (Å²) in [5.41, 5.74) is 0. The number of amides is 1. The van der Waals surface area contributed by atoms with Gasteiger partial charge in [-0.3, -0.25) is 4.79 Å². The molecular formula is C18H24N2O4S2. The zero-order valence-corrected chi connectivity index (χ0v) is 16.5. The number of sulfonamides is 1. The van der Waals surface area contributed by atoms with Gasteiger partial charge in [-0.15, -0.1) is 11.3 Å². The van der Waals surface area contributed by atoms with Gasteiger partial charge < -0.3 is 9.32 Å². The van der Waals surface area contributed by atoms with E-state index in [4.69, 9.17) is 4.42 Å². The number of furan rings is 1. The van der Waals surface area contributed by atoms with Crippen LogP contribution in [0.3, 0.4) is 0 Å². The van der Waals surface area contributed by atoms with E-state index in [-0.39, 0.29) is 11.8 Å². The largest absolute Gasteiger partial charge is 0.467 e. The molecular weight excluding hydrogens is 372 g/mol. The molecule has 0 aliphatic carbocycles. The van der Waals surface area contributed by atoms with Crippen molar-refractivity contribution < 1.29 is 17.6 Å². The van der Waals surface area contributed by atoms with Gasteiger partial charge in [-0.1, -0.05) is 6.07 Å². The van der Waals surface area contributed by atoms with Crippen molar-refractivity contribution in [3.8, 4) is 0 Å². The lowest BCUT2D eigenvalue weighted by Gasteiger charge is -2.33. The fraction of sp³-hybridized carbons (Fsp3) is 0.500. The van der Waals surface area contributed by atoms with Crippen molar-refractivity contribution in [2.75, 3.05) is 25.9 Å². The van der Waals surface area contributed by atoms with Crippen LogP contribution in [0.4, 0.5) is 0 Å². The van der Waals surface area contributed by atoms with E-state index in [1.165, 1.54) is 15.4 Å². The number of carbonyl (C=O) groups excluding carboxylic acids is 1. The Morgan fingerprint density at radius 1 is 1.31 bits per heavy atom. The summed E-state index contributed by atoms with van der Waals surface area (Å²) in [6, 6.07) is 7.78. The molecule has 0 saturated carbocycles. The summed E-state index contributed by atoms with van der Waals surface area (Å²) in [5, 5.41) is 2.04. The standard InChI is InChI=1S/C18H24N2O4S2/c1-26(22,23)20-10-6-15(7-11-20)18(21)19(14-16-4-2-12-24-16)9-8-17-5-3-13-25-17/h2-5,12-13,15H,6-11,14H2,1H3. The number of rotatable bonds is 7. The number of nitrogens with zero attached hydrogens (tertiary/aromatic N) is 2. The van der Waals surface area contributed by atoms with E-state index in [9.17, 15) is 13.2 Å². The molecule has 2 aromatic rings. The molecule has 0 atom stereocenters. The first-order valence-corrected chi connectivity index (χ1v) is 11.4. The molecule has 2 aromatic heterocycles. The number of carbonyl (C=O) groups is 1. The Morgan fingerprint density at radius 3 is 2.65 bits per heavy atom. The first kappa shape index (κ1) is 19.1. The van der Waals surface area contributed by atoms with E-state index < -0.39 is 10.0 Å². The van der Waals surface area contributed by atoms with Crippen molar-refractivity contribution in [1.82, 2.24) is 9.21 Å². The quantitative estimate of drug-likeness (QED) is 0.721. The molecule has 26 heavy (non-hydrogen) atoms. The minimum absolute atomic E-state index is 0.0890. The van der Waals surface area contributed by atoms with Crippen LogP contribution in [0.15, 0.2) is 40.3 Å². The van der Waals surface area contributed by atoms with Gasteiger partial charge in [-0.05, 0) is 42.8 Å². The maximum absolute atomic E-state index is 13.1. The predicted molar refractivity (Wildman–Crippen MR) is 101 cm³/mol. The monoisotopic (exact) mass is 396 g/mol. The van der Waals surface area contributed by atoms with Crippen LogP contribution in [0.5, 0.6) is 0 Å². The molecule has 3 heterocycles. The smallest absolute Gasteiger partial charge is 0.226 e. The normalized spacial score (nSPS) is 16.7. The number of thiophene rings is 1. The molecule has 1 amide bonds. The van der Waals surface area contributed by atoms with Gasteiger partial charge in [0.05, 0.1) is 19.1 Å². The zero-order valence-electron chi connectivity index (χ0n) is 14.8. The van der Waals surface area contributed by atoms with Gasteiger partial charge in [-0.25, -0.2) is 12.7 Å². The van der Waals surface area contributed by atoms with Crippen LogP contribution in [0.25, 0.3) is 0 Å². The molecule has 1 fully saturated rings. The fourth-order valence-electron chi connectivity index (χ4n) is 3.25. The third-order valence-electron chi connectivity index (χ3n) is 4.72. The van der Waals surface area contributed by atoms with Gasteiger partial charge in [-0.2, -0.15) is 0 Å². The van der Waals surface area contributed by atoms with Gasteiger partial charge in [0.2, 0.25) is 15.9 Å². The van der Waals surface area contributed by atoms with Crippen LogP contribution in [-0.4, -0.2) is 49.4 Å². The van der Waals surface area contributed by atoms with Crippen LogP contribution < -0.4 is 0 Å². The molecule has 8 heteroatoms. The van der Waals surface area contributed by atoms with Crippen molar-refractivity contribution in [2.24, 2.45) is 5.92 Å². The van der Waals surface area contributed by atoms with E-state index in [0.29, 0.717) is 39.0 Å². The van der Waals surface area contributed by atoms with E-state index in [0.717, 1.165) is 12.2 Å². The Kier molecular flexibility index (Phi) is 6.16. The lowest BCUT2D eigenvalue weighted by atomic mass is 9.96. The van der Waals surface area contributed by atoms with Gasteiger partial charge >= 0.3 is 0 Å². The third-order valence-corrected chi connectivity index (χ3v) is 6.96. The average Bonchev–Trinajstić information content (AvgIpc) is 3.31. The SMILES string of the molecule is CS(=O)(=O)N1CCC(C(=O)N(CCc2cccs2)Cc2ccco2)CC1. The molecule has 1 aliphatic heterocycles. The van der Waals surface area contributed by atoms with Crippen molar-refractivity contribution in [2.45, 2.75) is 25.8 Å². The van der Waals surface area contributed by atoms with Gasteiger partial charge in [0.1, 0.15) is 5.76 Å². The molecule has 0 bridgehead atoms. The summed E-state index contributed by atoms with van der Waals surface area (Å²) in [5.74, 6) is 0.718.